The molecule has 0 aromatic carbocycles. The van der Waals surface area contributed by atoms with Crippen LogP contribution in [0.1, 0.15) is 19.3 Å². The van der Waals surface area contributed by atoms with Crippen LogP contribution in [0.3, 0.4) is 0 Å². The Hall–Kier alpha value is -1.34. The summed E-state index contributed by atoms with van der Waals surface area (Å²) in [5.74, 6) is -0.359. The number of amides is 2. The monoisotopic (exact) mass is 286 g/mol. The fraction of sp³-hybridized carbons (Fsp3) is 0.846. The van der Waals surface area contributed by atoms with Crippen molar-refractivity contribution in [3.05, 3.63) is 0 Å². The van der Waals surface area contributed by atoms with Crippen molar-refractivity contribution < 1.29 is 24.2 Å². The predicted molar refractivity (Wildman–Crippen MR) is 70.5 cm³/mol. The number of hydrogen-bond acceptors (Lipinski definition) is 4. The molecule has 114 valence electrons. The third kappa shape index (κ3) is 3.83. The zero-order valence-corrected chi connectivity index (χ0v) is 11.8. The number of nitrogens with one attached hydrogen (secondary N) is 1. The molecule has 2 amide bonds. The standard InChI is InChI=1S/C13H22N2O5/c1-15(5-7-19-8-10-2-3-10)12(18)14-13(11(16)17)4-6-20-9-13/h10H,2-9H2,1H3,(H,14,18)(H,16,17). The van der Waals surface area contributed by atoms with Crippen LogP contribution in [0.5, 0.6) is 0 Å². The molecule has 1 aliphatic heterocycles. The first-order valence-corrected chi connectivity index (χ1v) is 6.96. The maximum absolute atomic E-state index is 12.0. The molecule has 1 saturated carbocycles. The van der Waals surface area contributed by atoms with E-state index >= 15 is 0 Å². The number of nitrogens with zero attached hydrogens (tertiary/aromatic N) is 1. The summed E-state index contributed by atoms with van der Waals surface area (Å²) in [5.41, 5.74) is -1.29. The summed E-state index contributed by atoms with van der Waals surface area (Å²) in [5, 5.41) is 11.8. The minimum Gasteiger partial charge on any atom is -0.479 e. The van der Waals surface area contributed by atoms with E-state index < -0.39 is 17.5 Å². The Labute approximate surface area is 118 Å². The third-order valence-corrected chi connectivity index (χ3v) is 3.75. The molecule has 0 aromatic rings. The van der Waals surface area contributed by atoms with E-state index in [1.807, 2.05) is 0 Å². The highest BCUT2D eigenvalue weighted by molar-refractivity contribution is 5.86. The third-order valence-electron chi connectivity index (χ3n) is 3.75. The van der Waals surface area contributed by atoms with Crippen molar-refractivity contribution in [3.63, 3.8) is 0 Å². The predicted octanol–water partition coefficient (Wildman–Crippen LogP) is 0.298. The van der Waals surface area contributed by atoms with Crippen LogP contribution < -0.4 is 5.32 Å². The normalized spacial score (nSPS) is 25.4. The first-order chi connectivity index (χ1) is 9.53. The topological polar surface area (TPSA) is 88.1 Å². The highest BCUT2D eigenvalue weighted by Gasteiger charge is 2.44. The zero-order chi connectivity index (χ0) is 14.6. The first kappa shape index (κ1) is 15.1. The molecule has 2 aliphatic rings. The summed E-state index contributed by atoms with van der Waals surface area (Å²) in [4.78, 5) is 24.7. The summed E-state index contributed by atoms with van der Waals surface area (Å²) in [6, 6.07) is -0.409. The second-order valence-corrected chi connectivity index (χ2v) is 5.56. The zero-order valence-electron chi connectivity index (χ0n) is 11.8. The van der Waals surface area contributed by atoms with Gasteiger partial charge < -0.3 is 24.8 Å². The molecule has 7 heteroatoms. The van der Waals surface area contributed by atoms with Gasteiger partial charge in [0.25, 0.3) is 0 Å². The molecule has 0 bridgehead atoms. The maximum atomic E-state index is 12.0. The Morgan fingerprint density at radius 3 is 2.80 bits per heavy atom. The van der Waals surface area contributed by atoms with Crippen LogP contribution in [0.2, 0.25) is 0 Å². The molecule has 1 unspecified atom stereocenters. The number of ether oxygens (including phenoxy) is 2. The number of carbonyl (C=O) groups excluding carboxylic acids is 1. The van der Waals surface area contributed by atoms with Crippen LogP contribution in [0.15, 0.2) is 0 Å². The maximum Gasteiger partial charge on any atom is 0.332 e. The lowest BCUT2D eigenvalue weighted by molar-refractivity contribution is -0.144. The van der Waals surface area contributed by atoms with E-state index in [2.05, 4.69) is 5.32 Å². The summed E-state index contributed by atoms with van der Waals surface area (Å²) < 4.78 is 10.6. The van der Waals surface area contributed by atoms with E-state index in [-0.39, 0.29) is 6.61 Å². The highest BCUT2D eigenvalue weighted by Crippen LogP contribution is 2.28. The van der Waals surface area contributed by atoms with Gasteiger partial charge in [-0.1, -0.05) is 0 Å². The lowest BCUT2D eigenvalue weighted by atomic mass is 9.99. The number of hydrogen-bond donors (Lipinski definition) is 2. The van der Waals surface area contributed by atoms with Crippen LogP contribution in [0.4, 0.5) is 4.79 Å². The average Bonchev–Trinajstić information content (AvgIpc) is 3.11. The molecule has 7 nitrogen and oxygen atoms in total. The number of likely N-dealkylation sites (N-methyl/N-ethyl adjacent to an activating group) is 1. The van der Waals surface area contributed by atoms with Gasteiger partial charge in [0.15, 0.2) is 5.54 Å². The molecular formula is C13H22N2O5. The fourth-order valence-electron chi connectivity index (χ4n) is 2.02. The smallest absolute Gasteiger partial charge is 0.332 e. The minimum absolute atomic E-state index is 0.0140. The van der Waals surface area contributed by atoms with Crippen LogP contribution >= 0.6 is 0 Å². The molecule has 20 heavy (non-hydrogen) atoms. The second-order valence-electron chi connectivity index (χ2n) is 5.56. The second kappa shape index (κ2) is 6.41. The van der Waals surface area contributed by atoms with Crippen LogP contribution in [-0.2, 0) is 14.3 Å². The Morgan fingerprint density at radius 1 is 1.50 bits per heavy atom. The van der Waals surface area contributed by atoms with Gasteiger partial charge in [0.1, 0.15) is 0 Å². The summed E-state index contributed by atoms with van der Waals surface area (Å²) in [6.07, 6.45) is 2.76. The van der Waals surface area contributed by atoms with Gasteiger partial charge in [-0.15, -0.1) is 0 Å². The summed E-state index contributed by atoms with van der Waals surface area (Å²) in [7, 11) is 1.63. The number of aliphatic carboxylic acids is 1. The highest BCUT2D eigenvalue weighted by atomic mass is 16.5. The van der Waals surface area contributed by atoms with Gasteiger partial charge in [-0.05, 0) is 18.8 Å². The molecule has 2 N–H and O–H groups in total. The van der Waals surface area contributed by atoms with Gasteiger partial charge >= 0.3 is 12.0 Å². The molecule has 0 spiro atoms. The quantitative estimate of drug-likeness (QED) is 0.657. The van der Waals surface area contributed by atoms with E-state index in [0.29, 0.717) is 32.1 Å². The van der Waals surface area contributed by atoms with Gasteiger partial charge in [0.2, 0.25) is 0 Å². The van der Waals surface area contributed by atoms with Gasteiger partial charge in [0, 0.05) is 33.2 Å². The lowest BCUT2D eigenvalue weighted by Crippen LogP contribution is -2.58. The van der Waals surface area contributed by atoms with Crippen LogP contribution in [0, 0.1) is 5.92 Å². The van der Waals surface area contributed by atoms with Crippen LogP contribution in [0.25, 0.3) is 0 Å². The van der Waals surface area contributed by atoms with E-state index in [1.54, 1.807) is 7.05 Å². The number of carbonyl (C=O) groups is 2. The number of urea groups is 1. The van der Waals surface area contributed by atoms with E-state index in [4.69, 9.17) is 9.47 Å². The first-order valence-electron chi connectivity index (χ1n) is 6.96. The molecule has 2 fully saturated rings. The van der Waals surface area contributed by atoms with Gasteiger partial charge in [-0.25, -0.2) is 9.59 Å². The molecule has 1 aliphatic carbocycles. The minimum atomic E-state index is -1.29. The van der Waals surface area contributed by atoms with Gasteiger partial charge in [0.05, 0.1) is 13.2 Å². The number of carboxylic acids is 1. The van der Waals surface area contributed by atoms with E-state index in [9.17, 15) is 14.7 Å². The molecule has 2 rings (SSSR count). The molecule has 1 saturated heterocycles. The average molecular weight is 286 g/mol. The van der Waals surface area contributed by atoms with Gasteiger partial charge in [-0.2, -0.15) is 0 Å². The summed E-state index contributed by atoms with van der Waals surface area (Å²) >= 11 is 0. The number of carboxylic acid groups (broad SMARTS) is 1. The fourth-order valence-corrected chi connectivity index (χ4v) is 2.02. The molecule has 1 heterocycles. The largest absolute Gasteiger partial charge is 0.479 e. The number of rotatable bonds is 7. The molecule has 0 radical (unpaired) electrons. The van der Waals surface area contributed by atoms with Crippen molar-refractivity contribution >= 4 is 12.0 Å². The molecule has 0 aromatic heterocycles. The summed E-state index contributed by atoms with van der Waals surface area (Å²) in [6.45, 7) is 2.02. The Morgan fingerprint density at radius 2 is 2.25 bits per heavy atom. The SMILES string of the molecule is CN(CCOCC1CC1)C(=O)NC1(C(=O)O)CCOC1. The lowest BCUT2D eigenvalue weighted by Gasteiger charge is -2.27. The van der Waals surface area contributed by atoms with E-state index in [1.165, 1.54) is 17.7 Å². The van der Waals surface area contributed by atoms with Gasteiger partial charge in [-0.3, -0.25) is 0 Å². The van der Waals surface area contributed by atoms with Crippen molar-refractivity contribution in [2.24, 2.45) is 5.92 Å². The van der Waals surface area contributed by atoms with E-state index in [0.717, 1.165) is 6.61 Å². The van der Waals surface area contributed by atoms with Crippen molar-refractivity contribution in [3.8, 4) is 0 Å². The Balaban J connectivity index is 1.72. The van der Waals surface area contributed by atoms with Crippen molar-refractivity contribution in [2.75, 3.05) is 40.0 Å². The Bertz CT molecular complexity index is 364. The molecule has 1 atom stereocenters. The Kier molecular flexibility index (Phi) is 4.82. The van der Waals surface area contributed by atoms with Crippen molar-refractivity contribution in [1.29, 1.82) is 0 Å². The van der Waals surface area contributed by atoms with Crippen molar-refractivity contribution in [1.82, 2.24) is 10.2 Å². The van der Waals surface area contributed by atoms with Crippen molar-refractivity contribution in [2.45, 2.75) is 24.8 Å². The van der Waals surface area contributed by atoms with Crippen LogP contribution in [-0.4, -0.2) is 67.6 Å². The molecular weight excluding hydrogens is 264 g/mol.